The summed E-state index contributed by atoms with van der Waals surface area (Å²) in [5.74, 6) is 0. The monoisotopic (exact) mass is 536 g/mol. The summed E-state index contributed by atoms with van der Waals surface area (Å²) >= 11 is 0. The zero-order chi connectivity index (χ0) is 27.0. The van der Waals surface area contributed by atoms with E-state index in [9.17, 15) is 14.6 Å². The molecule has 0 saturated heterocycles. The molecule has 0 fully saturated rings. The van der Waals surface area contributed by atoms with Crippen molar-refractivity contribution in [3.8, 4) is 0 Å². The summed E-state index contributed by atoms with van der Waals surface area (Å²) in [4.78, 5) is 9.64. The number of aliphatic hydroxyl groups is 1. The summed E-state index contributed by atoms with van der Waals surface area (Å²) in [6.07, 6.45) is 25.3. The van der Waals surface area contributed by atoms with Crippen LogP contribution < -0.4 is 0 Å². The van der Waals surface area contributed by atoms with Crippen molar-refractivity contribution >= 4 is 7.82 Å². The minimum atomic E-state index is -4.16. The summed E-state index contributed by atoms with van der Waals surface area (Å²) in [6.45, 7) is 2.65. The lowest BCUT2D eigenvalue weighted by atomic mass is 10.0. The summed E-state index contributed by atoms with van der Waals surface area (Å²) in [5.41, 5.74) is 0. The predicted octanol–water partition coefficient (Wildman–Crippen LogP) is 7.37. The average Bonchev–Trinajstić information content (AvgIpc) is 2.80. The molecule has 36 heavy (non-hydrogen) atoms. The molecule has 0 amide bonds. The van der Waals surface area contributed by atoms with Crippen molar-refractivity contribution in [1.82, 2.24) is 0 Å². The van der Waals surface area contributed by atoms with Crippen LogP contribution in [0.1, 0.15) is 116 Å². The van der Waals surface area contributed by atoms with Crippen molar-refractivity contribution in [3.63, 3.8) is 0 Å². The van der Waals surface area contributed by atoms with Crippen LogP contribution in [0.25, 0.3) is 0 Å². The maximum atomic E-state index is 11.8. The molecule has 0 aromatic carbocycles. The van der Waals surface area contributed by atoms with Crippen LogP contribution in [0.4, 0.5) is 0 Å². The summed E-state index contributed by atoms with van der Waals surface area (Å²) < 4.78 is 27.4. The summed E-state index contributed by atoms with van der Waals surface area (Å²) in [6, 6.07) is 0. The third-order valence-electron chi connectivity index (χ3n) is 6.15. The van der Waals surface area contributed by atoms with Crippen molar-refractivity contribution in [2.75, 3.05) is 47.5 Å². The second kappa shape index (κ2) is 23.7. The molecule has 2 atom stereocenters. The third-order valence-corrected chi connectivity index (χ3v) is 7.14. The van der Waals surface area contributed by atoms with Gasteiger partial charge in [0.1, 0.15) is 25.9 Å². The molecule has 0 aromatic rings. The van der Waals surface area contributed by atoms with Crippen molar-refractivity contribution in [2.45, 2.75) is 122 Å². The number of phosphoric acid groups is 1. The molecular weight excluding hydrogens is 477 g/mol. The van der Waals surface area contributed by atoms with E-state index in [1.165, 1.54) is 96.3 Å². The van der Waals surface area contributed by atoms with Crippen LogP contribution in [0.2, 0.25) is 0 Å². The fraction of sp³-hybridized carbons (Fsp3) is 0.929. The minimum absolute atomic E-state index is 0.00827. The molecule has 8 heteroatoms. The van der Waals surface area contributed by atoms with Gasteiger partial charge in [-0.05, 0) is 18.9 Å². The summed E-state index contributed by atoms with van der Waals surface area (Å²) in [7, 11) is 1.72. The number of phosphoric ester groups is 1. The number of quaternary nitrogens is 1. The Morgan fingerprint density at radius 1 is 0.750 bits per heavy atom. The van der Waals surface area contributed by atoms with Crippen molar-refractivity contribution in [1.29, 1.82) is 0 Å². The van der Waals surface area contributed by atoms with E-state index in [1.54, 1.807) is 6.26 Å². The van der Waals surface area contributed by atoms with Gasteiger partial charge in [0, 0.05) is 0 Å². The van der Waals surface area contributed by atoms with Crippen LogP contribution in [0.15, 0.2) is 12.3 Å². The van der Waals surface area contributed by atoms with Gasteiger partial charge in [-0.3, -0.25) is 9.05 Å². The van der Waals surface area contributed by atoms with Crippen molar-refractivity contribution < 1.29 is 32.8 Å². The van der Waals surface area contributed by atoms with Crippen LogP contribution in [0.5, 0.6) is 0 Å². The Balaban J connectivity index is 3.42. The van der Waals surface area contributed by atoms with Crippen LogP contribution >= 0.6 is 7.82 Å². The van der Waals surface area contributed by atoms with Crippen molar-refractivity contribution in [2.24, 2.45) is 0 Å². The van der Waals surface area contributed by atoms with E-state index in [-0.39, 0.29) is 19.8 Å². The lowest BCUT2D eigenvalue weighted by Gasteiger charge is -2.24. The Hall–Kier alpha value is -0.430. The lowest BCUT2D eigenvalue weighted by Crippen LogP contribution is -2.37. The Bertz CT molecular complexity index is 553. The molecule has 0 saturated carbocycles. The number of aliphatic hydroxyl groups excluding tert-OH is 1. The van der Waals surface area contributed by atoms with Gasteiger partial charge in [0.2, 0.25) is 0 Å². The molecule has 7 nitrogen and oxygen atoms in total. The van der Waals surface area contributed by atoms with Gasteiger partial charge in [-0.25, -0.2) is 4.57 Å². The second-order valence-corrected chi connectivity index (χ2v) is 12.5. The number of unbranched alkanes of at least 4 members (excludes halogenated alkanes) is 16. The minimum Gasteiger partial charge on any atom is -0.499 e. The fourth-order valence-corrected chi connectivity index (χ4v) is 4.56. The predicted molar refractivity (Wildman–Crippen MR) is 150 cm³/mol. The first-order chi connectivity index (χ1) is 17.2. The van der Waals surface area contributed by atoms with Crippen LogP contribution in [0.3, 0.4) is 0 Å². The first kappa shape index (κ1) is 35.6. The smallest absolute Gasteiger partial charge is 0.472 e. The molecule has 0 rings (SSSR count). The van der Waals surface area contributed by atoms with E-state index in [0.29, 0.717) is 11.0 Å². The molecule has 216 valence electrons. The number of likely N-dealkylation sites (N-methyl/N-ethyl adjacent to an activating group) is 1. The van der Waals surface area contributed by atoms with Gasteiger partial charge in [-0.2, -0.15) is 0 Å². The van der Waals surface area contributed by atoms with Crippen LogP contribution in [-0.4, -0.2) is 68.1 Å². The van der Waals surface area contributed by atoms with E-state index in [4.69, 9.17) is 13.8 Å². The number of hydrogen-bond acceptors (Lipinski definition) is 5. The topological polar surface area (TPSA) is 85.2 Å². The molecule has 0 bridgehead atoms. The molecule has 0 aliphatic carbocycles. The van der Waals surface area contributed by atoms with Crippen LogP contribution in [-0.2, 0) is 18.3 Å². The molecule has 0 spiro atoms. The maximum Gasteiger partial charge on any atom is 0.472 e. The van der Waals surface area contributed by atoms with E-state index in [0.717, 1.165) is 12.8 Å². The van der Waals surface area contributed by atoms with Gasteiger partial charge in [0.25, 0.3) is 0 Å². The highest BCUT2D eigenvalue weighted by Gasteiger charge is 2.24. The number of allylic oxidation sites excluding steroid dienone is 1. The SMILES string of the molecule is CCCCCCCCCCCCCCCCCC/C=C\OC[C@@H](O)COP(=O)(O)OCC[N+](C)(C)C. The Morgan fingerprint density at radius 2 is 1.22 bits per heavy atom. The maximum absolute atomic E-state index is 11.8. The largest absolute Gasteiger partial charge is 0.499 e. The highest BCUT2D eigenvalue weighted by Crippen LogP contribution is 2.43. The second-order valence-electron chi connectivity index (χ2n) is 11.1. The van der Waals surface area contributed by atoms with Gasteiger partial charge in [-0.15, -0.1) is 0 Å². The fourth-order valence-electron chi connectivity index (χ4n) is 3.81. The quantitative estimate of drug-likeness (QED) is 0.0493. The third kappa shape index (κ3) is 28.1. The molecular formula is C28H59NO6P+. The van der Waals surface area contributed by atoms with Crippen LogP contribution in [0, 0.1) is 0 Å². The molecule has 0 heterocycles. The van der Waals surface area contributed by atoms with Crippen molar-refractivity contribution in [3.05, 3.63) is 12.3 Å². The summed E-state index contributed by atoms with van der Waals surface area (Å²) in [5, 5.41) is 9.84. The first-order valence-electron chi connectivity index (χ1n) is 14.5. The molecule has 0 aliphatic heterocycles. The molecule has 0 aromatic heterocycles. The zero-order valence-electron chi connectivity index (χ0n) is 24.0. The normalized spacial score (nSPS) is 14.8. The van der Waals surface area contributed by atoms with E-state index in [1.807, 2.05) is 27.2 Å². The molecule has 1 unspecified atom stereocenters. The standard InChI is InChI=1S/C28H58NO6P/c1-5-6-7-8-9-10-11-12-13-14-15-16-17-18-19-20-21-22-24-33-26-28(30)27-35-36(31,32)34-25-23-29(2,3)4/h22,24,28,30H,5-21,23,25-27H2,1-4H3/p+1/b24-22-/t28-/m1/s1. The zero-order valence-corrected chi connectivity index (χ0v) is 24.9. The molecule has 0 radical (unpaired) electrons. The van der Waals surface area contributed by atoms with E-state index >= 15 is 0 Å². The first-order valence-corrected chi connectivity index (χ1v) is 16.0. The Morgan fingerprint density at radius 3 is 1.69 bits per heavy atom. The number of hydrogen-bond donors (Lipinski definition) is 2. The highest BCUT2D eigenvalue weighted by molar-refractivity contribution is 7.47. The van der Waals surface area contributed by atoms with Gasteiger partial charge < -0.3 is 19.2 Å². The highest BCUT2D eigenvalue weighted by atomic mass is 31.2. The number of ether oxygens (including phenoxy) is 1. The van der Waals surface area contributed by atoms with Gasteiger partial charge in [0.15, 0.2) is 0 Å². The number of nitrogens with zero attached hydrogens (tertiary/aromatic N) is 1. The van der Waals surface area contributed by atoms with E-state index < -0.39 is 13.9 Å². The average molecular weight is 537 g/mol. The van der Waals surface area contributed by atoms with E-state index in [2.05, 4.69) is 6.92 Å². The Labute approximate surface area is 222 Å². The molecule has 0 aliphatic rings. The lowest BCUT2D eigenvalue weighted by molar-refractivity contribution is -0.870. The van der Waals surface area contributed by atoms with Gasteiger partial charge in [0.05, 0.1) is 34.0 Å². The molecule has 2 N–H and O–H groups in total. The Kier molecular flexibility index (Phi) is 23.4. The van der Waals surface area contributed by atoms with Gasteiger partial charge >= 0.3 is 7.82 Å². The number of rotatable bonds is 27. The van der Waals surface area contributed by atoms with Gasteiger partial charge in [-0.1, -0.05) is 103 Å².